The molecule has 6 heteroatoms. The van der Waals surface area contributed by atoms with Gasteiger partial charge in [-0.05, 0) is 31.5 Å². The second-order valence-electron chi connectivity index (χ2n) is 4.69. The Kier molecular flexibility index (Phi) is 4.11. The van der Waals surface area contributed by atoms with Gasteiger partial charge in [-0.2, -0.15) is 0 Å². The van der Waals surface area contributed by atoms with Crippen molar-refractivity contribution in [3.05, 3.63) is 39.9 Å². The first-order valence-corrected chi connectivity index (χ1v) is 6.31. The van der Waals surface area contributed by atoms with Gasteiger partial charge < -0.3 is 5.11 Å². The highest BCUT2D eigenvalue weighted by Gasteiger charge is 2.28. The standard InChI is InChI=1S/C13H16N2O4/c16-13(17)12(14-8-2-1-3-9-14)10-4-6-11(7-5-10)15(18)19/h4-7,12H,1-3,8-9H2,(H,16,17)/t12-/m1/s1. The average molecular weight is 264 g/mol. The molecule has 1 aliphatic rings. The number of nitrogens with zero attached hydrogens (tertiary/aromatic N) is 2. The Morgan fingerprint density at radius 1 is 1.21 bits per heavy atom. The first-order chi connectivity index (χ1) is 9.09. The summed E-state index contributed by atoms with van der Waals surface area (Å²) in [4.78, 5) is 23.5. The maximum absolute atomic E-state index is 11.4. The van der Waals surface area contributed by atoms with Crippen LogP contribution in [-0.2, 0) is 4.79 Å². The van der Waals surface area contributed by atoms with Gasteiger partial charge in [-0.1, -0.05) is 18.6 Å². The molecule has 0 unspecified atom stereocenters. The minimum atomic E-state index is -0.907. The Morgan fingerprint density at radius 3 is 2.26 bits per heavy atom. The van der Waals surface area contributed by atoms with Crippen LogP contribution in [-0.4, -0.2) is 34.0 Å². The van der Waals surface area contributed by atoms with Crippen LogP contribution in [0.15, 0.2) is 24.3 Å². The van der Waals surface area contributed by atoms with Crippen molar-refractivity contribution in [2.24, 2.45) is 0 Å². The molecule has 102 valence electrons. The van der Waals surface area contributed by atoms with Crippen LogP contribution < -0.4 is 0 Å². The molecule has 1 fully saturated rings. The molecule has 0 spiro atoms. The quantitative estimate of drug-likeness (QED) is 0.665. The van der Waals surface area contributed by atoms with E-state index in [1.54, 1.807) is 0 Å². The van der Waals surface area contributed by atoms with Crippen LogP contribution in [0, 0.1) is 10.1 Å². The van der Waals surface area contributed by atoms with Gasteiger partial charge in [-0.3, -0.25) is 19.8 Å². The topological polar surface area (TPSA) is 83.7 Å². The zero-order valence-corrected chi connectivity index (χ0v) is 10.5. The number of hydrogen-bond acceptors (Lipinski definition) is 4. The van der Waals surface area contributed by atoms with E-state index in [1.165, 1.54) is 24.3 Å². The Balaban J connectivity index is 2.23. The lowest BCUT2D eigenvalue weighted by atomic mass is 10.0. The number of rotatable bonds is 4. The fraction of sp³-hybridized carbons (Fsp3) is 0.462. The highest BCUT2D eigenvalue weighted by Crippen LogP contribution is 2.26. The molecular formula is C13H16N2O4. The molecule has 1 aliphatic heterocycles. The number of piperidine rings is 1. The van der Waals surface area contributed by atoms with Gasteiger partial charge in [0, 0.05) is 12.1 Å². The lowest BCUT2D eigenvalue weighted by Crippen LogP contribution is -2.37. The van der Waals surface area contributed by atoms with Gasteiger partial charge in [0.25, 0.3) is 5.69 Å². The summed E-state index contributed by atoms with van der Waals surface area (Å²) in [5.74, 6) is -0.907. The van der Waals surface area contributed by atoms with Gasteiger partial charge in [-0.15, -0.1) is 0 Å². The molecule has 1 aromatic rings. The van der Waals surface area contributed by atoms with Gasteiger partial charge in [-0.25, -0.2) is 0 Å². The largest absolute Gasteiger partial charge is 0.480 e. The van der Waals surface area contributed by atoms with Gasteiger partial charge in [0.15, 0.2) is 0 Å². The van der Waals surface area contributed by atoms with E-state index in [2.05, 4.69) is 0 Å². The van der Waals surface area contributed by atoms with Crippen LogP contribution in [0.1, 0.15) is 30.9 Å². The van der Waals surface area contributed by atoms with Crippen LogP contribution in [0.3, 0.4) is 0 Å². The summed E-state index contributed by atoms with van der Waals surface area (Å²) in [5, 5.41) is 20.0. The van der Waals surface area contributed by atoms with Gasteiger partial charge in [0.1, 0.15) is 6.04 Å². The molecule has 6 nitrogen and oxygen atoms in total. The number of carbonyl (C=O) groups is 1. The molecule has 0 aliphatic carbocycles. The highest BCUT2D eigenvalue weighted by molar-refractivity contribution is 5.75. The van der Waals surface area contributed by atoms with Crippen LogP contribution in [0.5, 0.6) is 0 Å². The molecule has 19 heavy (non-hydrogen) atoms. The zero-order chi connectivity index (χ0) is 13.8. The summed E-state index contributed by atoms with van der Waals surface area (Å²) < 4.78 is 0. The van der Waals surface area contributed by atoms with Crippen molar-refractivity contribution >= 4 is 11.7 Å². The predicted molar refractivity (Wildman–Crippen MR) is 68.9 cm³/mol. The third-order valence-corrected chi connectivity index (χ3v) is 3.41. The minimum Gasteiger partial charge on any atom is -0.480 e. The lowest BCUT2D eigenvalue weighted by Gasteiger charge is -2.32. The summed E-state index contributed by atoms with van der Waals surface area (Å²) in [6.45, 7) is 1.52. The number of aliphatic carboxylic acids is 1. The number of non-ortho nitro benzene ring substituents is 1. The number of carboxylic acids is 1. The van der Waals surface area contributed by atoms with Gasteiger partial charge >= 0.3 is 5.97 Å². The Labute approximate surface area is 110 Å². The van der Waals surface area contributed by atoms with Crippen LogP contribution in [0.25, 0.3) is 0 Å². The molecule has 0 radical (unpaired) electrons. The molecule has 1 atom stereocenters. The Bertz CT molecular complexity index is 466. The molecule has 1 heterocycles. The molecule has 0 bridgehead atoms. The molecule has 1 saturated heterocycles. The number of nitro groups is 1. The zero-order valence-electron chi connectivity index (χ0n) is 10.5. The van der Waals surface area contributed by atoms with Crippen molar-refractivity contribution in [1.82, 2.24) is 4.90 Å². The van der Waals surface area contributed by atoms with Crippen LogP contribution >= 0.6 is 0 Å². The maximum Gasteiger partial charge on any atom is 0.325 e. The predicted octanol–water partition coefficient (Wildman–Crippen LogP) is 2.21. The second-order valence-corrected chi connectivity index (χ2v) is 4.69. The molecule has 0 amide bonds. The van der Waals surface area contributed by atoms with Gasteiger partial charge in [0.05, 0.1) is 4.92 Å². The molecule has 0 aromatic heterocycles. The van der Waals surface area contributed by atoms with Crippen molar-refractivity contribution < 1.29 is 14.8 Å². The fourth-order valence-electron chi connectivity index (χ4n) is 2.46. The highest BCUT2D eigenvalue weighted by atomic mass is 16.6. The fourth-order valence-corrected chi connectivity index (χ4v) is 2.46. The van der Waals surface area contributed by atoms with E-state index in [-0.39, 0.29) is 5.69 Å². The third-order valence-electron chi connectivity index (χ3n) is 3.41. The van der Waals surface area contributed by atoms with E-state index in [4.69, 9.17) is 0 Å². The van der Waals surface area contributed by atoms with E-state index in [1.807, 2.05) is 4.90 Å². The number of nitro benzene ring substituents is 1. The number of benzene rings is 1. The van der Waals surface area contributed by atoms with Crippen molar-refractivity contribution in [3.8, 4) is 0 Å². The van der Waals surface area contributed by atoms with E-state index in [0.29, 0.717) is 5.56 Å². The number of hydrogen-bond donors (Lipinski definition) is 1. The normalized spacial score (nSPS) is 17.9. The Hall–Kier alpha value is -1.95. The van der Waals surface area contributed by atoms with Crippen LogP contribution in [0.4, 0.5) is 5.69 Å². The van der Waals surface area contributed by atoms with Crippen molar-refractivity contribution in [1.29, 1.82) is 0 Å². The van der Waals surface area contributed by atoms with Crippen molar-refractivity contribution in [2.45, 2.75) is 25.3 Å². The average Bonchev–Trinajstić information content (AvgIpc) is 2.40. The van der Waals surface area contributed by atoms with E-state index in [0.717, 1.165) is 32.4 Å². The van der Waals surface area contributed by atoms with Crippen molar-refractivity contribution in [2.75, 3.05) is 13.1 Å². The van der Waals surface area contributed by atoms with E-state index in [9.17, 15) is 20.0 Å². The van der Waals surface area contributed by atoms with Crippen molar-refractivity contribution in [3.63, 3.8) is 0 Å². The smallest absolute Gasteiger partial charge is 0.325 e. The lowest BCUT2D eigenvalue weighted by molar-refractivity contribution is -0.384. The SMILES string of the molecule is O=C(O)[C@@H](c1ccc([N+](=O)[O-])cc1)N1CCCCC1. The summed E-state index contributed by atoms with van der Waals surface area (Å²) in [6, 6.07) is 5.07. The maximum atomic E-state index is 11.4. The summed E-state index contributed by atoms with van der Waals surface area (Å²) >= 11 is 0. The second kappa shape index (κ2) is 5.79. The first-order valence-electron chi connectivity index (χ1n) is 6.31. The third kappa shape index (κ3) is 3.08. The number of likely N-dealkylation sites (tertiary alicyclic amines) is 1. The minimum absolute atomic E-state index is 0.0217. The summed E-state index contributed by atoms with van der Waals surface area (Å²) in [5.41, 5.74) is 0.575. The first kappa shape index (κ1) is 13.5. The molecule has 1 N–H and O–H groups in total. The van der Waals surface area contributed by atoms with E-state index >= 15 is 0 Å². The molecular weight excluding hydrogens is 248 g/mol. The number of carboxylic acid groups (broad SMARTS) is 1. The van der Waals surface area contributed by atoms with E-state index < -0.39 is 16.9 Å². The molecule has 0 saturated carbocycles. The Morgan fingerprint density at radius 2 is 1.79 bits per heavy atom. The monoisotopic (exact) mass is 264 g/mol. The summed E-state index contributed by atoms with van der Waals surface area (Å²) in [6.07, 6.45) is 3.12. The van der Waals surface area contributed by atoms with Crippen LogP contribution in [0.2, 0.25) is 0 Å². The summed E-state index contributed by atoms with van der Waals surface area (Å²) in [7, 11) is 0. The molecule has 1 aromatic carbocycles. The molecule has 2 rings (SSSR count). The van der Waals surface area contributed by atoms with Gasteiger partial charge in [0.2, 0.25) is 0 Å².